The van der Waals surface area contributed by atoms with Crippen molar-refractivity contribution in [3.8, 4) is 16.9 Å². The van der Waals surface area contributed by atoms with Crippen molar-refractivity contribution in [2.24, 2.45) is 4.99 Å². The summed E-state index contributed by atoms with van der Waals surface area (Å²) in [5.74, 6) is 1.36. The summed E-state index contributed by atoms with van der Waals surface area (Å²) in [7, 11) is 0. The van der Waals surface area contributed by atoms with Gasteiger partial charge in [0.25, 0.3) is 0 Å². The van der Waals surface area contributed by atoms with Crippen LogP contribution < -0.4 is 10.1 Å². The number of hydrogen-bond donors (Lipinski definition) is 1. The van der Waals surface area contributed by atoms with Crippen LogP contribution >= 0.6 is 35.0 Å². The molecule has 0 bridgehead atoms. The van der Waals surface area contributed by atoms with Crippen molar-refractivity contribution in [3.63, 3.8) is 0 Å². The molecule has 32 heavy (non-hydrogen) atoms. The molecule has 1 aliphatic rings. The van der Waals surface area contributed by atoms with Crippen molar-refractivity contribution in [3.05, 3.63) is 57.8 Å². The van der Waals surface area contributed by atoms with Crippen LogP contribution in [-0.2, 0) is 4.79 Å². The first-order valence-electron chi connectivity index (χ1n) is 10.2. The number of aliphatic imine (C=N–C) groups is 1. The number of fused-ring (bicyclic) bond motifs is 1. The lowest BCUT2D eigenvalue weighted by Gasteiger charge is -2.15. The molecule has 0 fully saturated rings. The predicted octanol–water partition coefficient (Wildman–Crippen LogP) is 6.74. The van der Waals surface area contributed by atoms with Crippen molar-refractivity contribution in [2.45, 2.75) is 20.8 Å². The molecule has 0 saturated carbocycles. The number of aryl methyl sites for hydroxylation is 1. The number of nitrogens with zero attached hydrogens (tertiary/aromatic N) is 1. The maximum absolute atomic E-state index is 12.5. The highest BCUT2D eigenvalue weighted by molar-refractivity contribution is 8.14. The van der Waals surface area contributed by atoms with E-state index in [-0.39, 0.29) is 5.91 Å². The minimum Gasteiger partial charge on any atom is -0.493 e. The molecule has 2 aromatic carbocycles. The fraction of sp³-hybridized carbons (Fsp3) is 0.250. The molecular weight excluding hydrogens is 467 g/mol. The van der Waals surface area contributed by atoms with Gasteiger partial charge in [0.2, 0.25) is 5.91 Å². The van der Waals surface area contributed by atoms with Crippen molar-refractivity contribution < 1.29 is 13.9 Å². The van der Waals surface area contributed by atoms with Crippen LogP contribution in [0.4, 0.5) is 0 Å². The van der Waals surface area contributed by atoms with Crippen molar-refractivity contribution in [1.82, 2.24) is 5.32 Å². The van der Waals surface area contributed by atoms with Crippen LogP contribution in [0.2, 0.25) is 10.0 Å². The highest BCUT2D eigenvalue weighted by atomic mass is 35.5. The summed E-state index contributed by atoms with van der Waals surface area (Å²) in [5, 5.41) is 5.48. The van der Waals surface area contributed by atoms with Crippen LogP contribution in [-0.4, -0.2) is 30.0 Å². The zero-order valence-electron chi connectivity index (χ0n) is 17.9. The molecule has 4 rings (SSSR count). The number of nitrogens with one attached hydrogen (secondary N) is 1. The number of hydrogen-bond acceptors (Lipinski definition) is 5. The quantitative estimate of drug-likeness (QED) is 0.404. The van der Waals surface area contributed by atoms with Gasteiger partial charge in [-0.2, -0.15) is 0 Å². The van der Waals surface area contributed by atoms with Gasteiger partial charge in [-0.25, -0.2) is 0 Å². The van der Waals surface area contributed by atoms with E-state index < -0.39 is 0 Å². The molecular formula is C24H22Cl2N2O3S. The summed E-state index contributed by atoms with van der Waals surface area (Å²) < 4.78 is 11.9. The van der Waals surface area contributed by atoms with E-state index in [1.54, 1.807) is 36.2 Å². The van der Waals surface area contributed by atoms with Crippen LogP contribution in [0.25, 0.3) is 27.7 Å². The van der Waals surface area contributed by atoms with Crippen molar-refractivity contribution >= 4 is 62.6 Å². The van der Waals surface area contributed by atoms with Gasteiger partial charge in [0.1, 0.15) is 11.3 Å². The maximum atomic E-state index is 12.5. The first-order chi connectivity index (χ1) is 15.4. The highest BCUT2D eigenvalue weighted by Gasteiger charge is 2.20. The molecule has 0 spiro atoms. The Bertz CT molecular complexity index is 1260. The van der Waals surface area contributed by atoms with E-state index in [9.17, 15) is 4.79 Å². The molecule has 1 N–H and O–H groups in total. The number of amidine groups is 1. The van der Waals surface area contributed by atoms with Gasteiger partial charge in [-0.05, 0) is 44.5 Å². The Kier molecular flexibility index (Phi) is 6.84. The molecule has 0 radical (unpaired) electrons. The van der Waals surface area contributed by atoms with E-state index in [0.717, 1.165) is 45.5 Å². The highest BCUT2D eigenvalue weighted by Crippen LogP contribution is 2.42. The molecule has 8 heteroatoms. The number of carbonyl (C=O) groups is 1. The van der Waals surface area contributed by atoms with Gasteiger partial charge in [0.05, 0.1) is 24.4 Å². The van der Waals surface area contributed by atoms with Crippen molar-refractivity contribution in [1.29, 1.82) is 0 Å². The number of amides is 1. The number of furan rings is 1. The molecule has 2 heterocycles. The Labute approximate surface area is 200 Å². The van der Waals surface area contributed by atoms with Crippen molar-refractivity contribution in [2.75, 3.05) is 18.9 Å². The molecule has 0 atom stereocenters. The Morgan fingerprint density at radius 2 is 2.12 bits per heavy atom. The minimum atomic E-state index is -0.219. The Morgan fingerprint density at radius 3 is 2.81 bits per heavy atom. The van der Waals surface area contributed by atoms with E-state index in [0.29, 0.717) is 33.2 Å². The van der Waals surface area contributed by atoms with Gasteiger partial charge in [-0.15, -0.1) is 0 Å². The lowest BCUT2D eigenvalue weighted by Crippen LogP contribution is -2.25. The lowest BCUT2D eigenvalue weighted by molar-refractivity contribution is -0.115. The van der Waals surface area contributed by atoms with E-state index in [4.69, 9.17) is 32.4 Å². The van der Waals surface area contributed by atoms with Gasteiger partial charge in [0.15, 0.2) is 5.17 Å². The summed E-state index contributed by atoms with van der Waals surface area (Å²) in [5.41, 5.74) is 4.84. The zero-order valence-corrected chi connectivity index (χ0v) is 20.2. The maximum Gasteiger partial charge on any atom is 0.250 e. The van der Waals surface area contributed by atoms with E-state index >= 15 is 0 Å². The summed E-state index contributed by atoms with van der Waals surface area (Å²) in [6.45, 7) is 6.98. The molecule has 0 aliphatic carbocycles. The summed E-state index contributed by atoms with van der Waals surface area (Å²) >= 11 is 14.1. The molecule has 1 aromatic heterocycles. The third kappa shape index (κ3) is 4.53. The van der Waals surface area contributed by atoms with Gasteiger partial charge in [-0.1, -0.05) is 41.0 Å². The Morgan fingerprint density at radius 1 is 1.31 bits per heavy atom. The Hall–Kier alpha value is -2.41. The number of carbonyl (C=O) groups excluding carboxylic acids is 1. The zero-order chi connectivity index (χ0) is 22.8. The summed E-state index contributed by atoms with van der Waals surface area (Å²) in [6, 6.07) is 7.36. The average Bonchev–Trinajstić information content (AvgIpc) is 3.40. The lowest BCUT2D eigenvalue weighted by atomic mass is 9.96. The first kappa shape index (κ1) is 22.8. The number of ether oxygens (including phenoxy) is 1. The summed E-state index contributed by atoms with van der Waals surface area (Å²) in [6.07, 6.45) is 3.26. The van der Waals surface area contributed by atoms with Crippen LogP contribution in [0.5, 0.6) is 5.75 Å². The fourth-order valence-electron chi connectivity index (χ4n) is 3.68. The standard InChI is InChI=1S/C24H22Cl2N2O3S/c1-4-30-22-14(3)23-18(19(12-31-23)16-6-5-15(25)10-20(16)26)11-17(22)13(2)9-21(29)28-24-27-7-8-32-24/h5-6,9-12H,4,7-8H2,1-3H3,(H,27,28,29)/b13-9+. The molecule has 1 aliphatic heterocycles. The van der Waals surface area contributed by atoms with Crippen LogP contribution in [0.3, 0.4) is 0 Å². The molecule has 3 aromatic rings. The second-order valence-corrected chi connectivity index (χ2v) is 9.24. The van der Waals surface area contributed by atoms with Gasteiger partial charge < -0.3 is 14.5 Å². The topological polar surface area (TPSA) is 63.8 Å². The third-order valence-corrected chi connectivity index (χ3v) is 6.58. The van der Waals surface area contributed by atoms with Gasteiger partial charge in [0, 0.05) is 44.5 Å². The van der Waals surface area contributed by atoms with E-state index in [2.05, 4.69) is 10.3 Å². The number of halogens is 2. The number of thioether (sulfide) groups is 1. The number of rotatable bonds is 5. The molecule has 1 amide bonds. The second kappa shape index (κ2) is 9.61. The first-order valence-corrected chi connectivity index (χ1v) is 11.9. The minimum absolute atomic E-state index is 0.219. The third-order valence-electron chi connectivity index (χ3n) is 5.14. The second-order valence-electron chi connectivity index (χ2n) is 7.31. The van der Waals surface area contributed by atoms with Crippen LogP contribution in [0.15, 0.2) is 46.0 Å². The fourth-order valence-corrected chi connectivity index (χ4v) is 4.92. The largest absolute Gasteiger partial charge is 0.493 e. The predicted molar refractivity (Wildman–Crippen MR) is 134 cm³/mol. The van der Waals surface area contributed by atoms with Gasteiger partial charge >= 0.3 is 0 Å². The van der Waals surface area contributed by atoms with Crippen LogP contribution in [0.1, 0.15) is 25.0 Å². The van der Waals surface area contributed by atoms with Crippen LogP contribution in [0, 0.1) is 6.92 Å². The van der Waals surface area contributed by atoms with E-state index in [1.165, 1.54) is 0 Å². The normalized spacial score (nSPS) is 14.0. The summed E-state index contributed by atoms with van der Waals surface area (Å²) in [4.78, 5) is 16.8. The molecule has 5 nitrogen and oxygen atoms in total. The average molecular weight is 489 g/mol. The Balaban J connectivity index is 1.82. The SMILES string of the molecule is CCOc1c(/C(C)=C/C(=O)NC2=NCCS2)cc2c(-c3ccc(Cl)cc3Cl)coc2c1C. The molecule has 166 valence electrons. The monoisotopic (exact) mass is 488 g/mol. The number of benzene rings is 2. The molecule has 0 unspecified atom stereocenters. The van der Waals surface area contributed by atoms with E-state index in [1.807, 2.05) is 32.9 Å². The smallest absolute Gasteiger partial charge is 0.250 e. The van der Waals surface area contributed by atoms with Gasteiger partial charge in [-0.3, -0.25) is 9.79 Å². The number of allylic oxidation sites excluding steroid dienone is 1. The molecule has 0 saturated heterocycles.